The van der Waals surface area contributed by atoms with Crippen LogP contribution < -0.4 is 0 Å². The second-order valence-electron chi connectivity index (χ2n) is 4.54. The minimum absolute atomic E-state index is 0.387. The molecule has 1 aromatic carbocycles. The molecule has 0 spiro atoms. The number of alkyl halides is 3. The van der Waals surface area contributed by atoms with Crippen LogP contribution >= 0.6 is 0 Å². The van der Waals surface area contributed by atoms with Crippen molar-refractivity contribution in [2.24, 2.45) is 0 Å². The molecule has 0 aliphatic carbocycles. The van der Waals surface area contributed by atoms with Crippen molar-refractivity contribution in [3.8, 4) is 11.4 Å². The van der Waals surface area contributed by atoms with E-state index < -0.39 is 11.7 Å². The molecule has 0 saturated heterocycles. The van der Waals surface area contributed by atoms with Crippen molar-refractivity contribution in [1.29, 1.82) is 0 Å². The summed E-state index contributed by atoms with van der Waals surface area (Å²) in [7, 11) is 0. The van der Waals surface area contributed by atoms with Gasteiger partial charge in [0.1, 0.15) is 0 Å². The van der Waals surface area contributed by atoms with E-state index in [2.05, 4.69) is 10.2 Å². The summed E-state index contributed by atoms with van der Waals surface area (Å²) in [5.74, 6) is 0.398. The Labute approximate surface area is 112 Å². The lowest BCUT2D eigenvalue weighted by Gasteiger charge is -2.08. The van der Waals surface area contributed by atoms with Crippen molar-refractivity contribution in [3.63, 3.8) is 0 Å². The quantitative estimate of drug-likeness (QED) is 0.678. The van der Waals surface area contributed by atoms with E-state index in [1.807, 2.05) is 13.0 Å². The van der Waals surface area contributed by atoms with Gasteiger partial charge in [-0.25, -0.2) is 0 Å². The van der Waals surface area contributed by atoms with Crippen molar-refractivity contribution in [3.05, 3.63) is 53.7 Å². The molecule has 6 heteroatoms. The number of hydrogen-bond donors (Lipinski definition) is 0. The zero-order valence-corrected chi connectivity index (χ0v) is 10.5. The number of rotatable bonds is 1. The third kappa shape index (κ3) is 2.13. The van der Waals surface area contributed by atoms with Crippen LogP contribution in [0.3, 0.4) is 0 Å². The highest BCUT2D eigenvalue weighted by Crippen LogP contribution is 2.31. The summed E-state index contributed by atoms with van der Waals surface area (Å²) in [6.07, 6.45) is -2.57. The van der Waals surface area contributed by atoms with Crippen molar-refractivity contribution >= 4 is 5.65 Å². The molecule has 102 valence electrons. The van der Waals surface area contributed by atoms with Gasteiger partial charge in [0.05, 0.1) is 5.56 Å². The number of pyridine rings is 1. The first-order valence-electron chi connectivity index (χ1n) is 5.94. The Balaban J connectivity index is 2.18. The molecule has 0 radical (unpaired) electrons. The fourth-order valence-electron chi connectivity index (χ4n) is 2.03. The first kappa shape index (κ1) is 12.7. The Morgan fingerprint density at radius 1 is 1.05 bits per heavy atom. The molecular formula is C14H10F3N3. The van der Waals surface area contributed by atoms with E-state index in [0.717, 1.165) is 17.7 Å². The summed E-state index contributed by atoms with van der Waals surface area (Å²) in [6.45, 7) is 1.90. The fraction of sp³-hybridized carbons (Fsp3) is 0.143. The zero-order chi connectivity index (χ0) is 14.3. The molecule has 3 nitrogen and oxygen atoms in total. The number of fused-ring (bicyclic) bond motifs is 1. The molecule has 0 aliphatic rings. The highest BCUT2D eigenvalue weighted by atomic mass is 19.4. The predicted molar refractivity (Wildman–Crippen MR) is 68.2 cm³/mol. The molecule has 0 fully saturated rings. The molecule has 20 heavy (non-hydrogen) atoms. The molecule has 3 aromatic rings. The van der Waals surface area contributed by atoms with E-state index in [9.17, 15) is 13.2 Å². The molecule has 0 unspecified atom stereocenters. The maximum Gasteiger partial charge on any atom is 0.416 e. The second-order valence-corrected chi connectivity index (χ2v) is 4.54. The number of nitrogens with zero attached hydrogens (tertiary/aromatic N) is 3. The summed E-state index contributed by atoms with van der Waals surface area (Å²) >= 11 is 0. The number of benzene rings is 1. The van der Waals surface area contributed by atoms with Gasteiger partial charge in [0.15, 0.2) is 11.5 Å². The smallest absolute Gasteiger partial charge is 0.282 e. The summed E-state index contributed by atoms with van der Waals surface area (Å²) in [5.41, 5.74) is 1.27. The second kappa shape index (κ2) is 4.33. The lowest BCUT2D eigenvalue weighted by atomic mass is 10.1. The standard InChI is InChI=1S/C14H10F3N3/c1-9-5-6-12-18-19-13(20(12)8-9)10-3-2-4-11(7-10)14(15,16)17/h2-8H,1H3. The van der Waals surface area contributed by atoms with Gasteiger partial charge in [0, 0.05) is 11.8 Å². The lowest BCUT2D eigenvalue weighted by molar-refractivity contribution is -0.137. The Bertz CT molecular complexity index is 775. The molecule has 0 bridgehead atoms. The first-order valence-corrected chi connectivity index (χ1v) is 5.94. The van der Waals surface area contributed by atoms with E-state index in [0.29, 0.717) is 17.0 Å². The van der Waals surface area contributed by atoms with Gasteiger partial charge in [0.2, 0.25) is 0 Å². The Hall–Kier alpha value is -2.37. The largest absolute Gasteiger partial charge is 0.416 e. The van der Waals surface area contributed by atoms with Crippen molar-refractivity contribution in [2.75, 3.05) is 0 Å². The highest BCUT2D eigenvalue weighted by Gasteiger charge is 2.30. The third-order valence-corrected chi connectivity index (χ3v) is 3.00. The van der Waals surface area contributed by atoms with Crippen molar-refractivity contribution < 1.29 is 13.2 Å². The van der Waals surface area contributed by atoms with Crippen LogP contribution in [-0.2, 0) is 6.18 Å². The minimum Gasteiger partial charge on any atom is -0.282 e. The van der Waals surface area contributed by atoms with Gasteiger partial charge < -0.3 is 0 Å². The Morgan fingerprint density at radius 3 is 2.60 bits per heavy atom. The molecule has 0 N–H and O–H groups in total. The van der Waals surface area contributed by atoms with Gasteiger partial charge in [-0.15, -0.1) is 10.2 Å². The van der Waals surface area contributed by atoms with E-state index >= 15 is 0 Å². The van der Waals surface area contributed by atoms with Crippen LogP contribution in [0.1, 0.15) is 11.1 Å². The number of hydrogen-bond acceptors (Lipinski definition) is 2. The van der Waals surface area contributed by atoms with Crippen LogP contribution in [0.15, 0.2) is 42.6 Å². The summed E-state index contributed by atoms with van der Waals surface area (Å²) in [4.78, 5) is 0. The average Bonchev–Trinajstić information content (AvgIpc) is 2.81. The van der Waals surface area contributed by atoms with Crippen LogP contribution in [0, 0.1) is 6.92 Å². The molecule has 0 saturated carbocycles. The van der Waals surface area contributed by atoms with Gasteiger partial charge in [-0.05, 0) is 30.7 Å². The fourth-order valence-corrected chi connectivity index (χ4v) is 2.03. The number of halogens is 3. The Morgan fingerprint density at radius 2 is 1.85 bits per heavy atom. The predicted octanol–water partition coefficient (Wildman–Crippen LogP) is 3.72. The maximum atomic E-state index is 12.7. The average molecular weight is 277 g/mol. The molecule has 0 atom stereocenters. The summed E-state index contributed by atoms with van der Waals surface area (Å²) in [5, 5.41) is 7.94. The highest BCUT2D eigenvalue weighted by molar-refractivity contribution is 5.60. The molecule has 2 aromatic heterocycles. The normalized spacial score (nSPS) is 12.0. The van der Waals surface area contributed by atoms with Crippen LogP contribution in [0.5, 0.6) is 0 Å². The van der Waals surface area contributed by atoms with E-state index in [1.54, 1.807) is 22.7 Å². The van der Waals surface area contributed by atoms with Gasteiger partial charge in [0.25, 0.3) is 0 Å². The van der Waals surface area contributed by atoms with E-state index in [-0.39, 0.29) is 0 Å². The molecule has 2 heterocycles. The van der Waals surface area contributed by atoms with Crippen molar-refractivity contribution in [1.82, 2.24) is 14.6 Å². The number of aromatic nitrogens is 3. The van der Waals surface area contributed by atoms with Crippen LogP contribution in [-0.4, -0.2) is 14.6 Å². The molecule has 0 amide bonds. The third-order valence-electron chi connectivity index (χ3n) is 3.00. The maximum absolute atomic E-state index is 12.7. The topological polar surface area (TPSA) is 30.2 Å². The van der Waals surface area contributed by atoms with Crippen LogP contribution in [0.4, 0.5) is 13.2 Å². The van der Waals surface area contributed by atoms with E-state index in [1.165, 1.54) is 6.07 Å². The summed E-state index contributed by atoms with van der Waals surface area (Å²) in [6, 6.07) is 8.74. The van der Waals surface area contributed by atoms with Gasteiger partial charge in [-0.2, -0.15) is 13.2 Å². The van der Waals surface area contributed by atoms with Crippen molar-refractivity contribution in [2.45, 2.75) is 13.1 Å². The van der Waals surface area contributed by atoms with Gasteiger partial charge in [-0.3, -0.25) is 4.40 Å². The molecule has 0 aliphatic heterocycles. The van der Waals surface area contributed by atoms with Crippen LogP contribution in [0.25, 0.3) is 17.0 Å². The lowest BCUT2D eigenvalue weighted by Crippen LogP contribution is -2.04. The zero-order valence-electron chi connectivity index (χ0n) is 10.5. The SMILES string of the molecule is Cc1ccc2nnc(-c3cccc(C(F)(F)F)c3)n2c1. The van der Waals surface area contributed by atoms with Crippen LogP contribution in [0.2, 0.25) is 0 Å². The van der Waals surface area contributed by atoms with Gasteiger partial charge in [-0.1, -0.05) is 18.2 Å². The molecular weight excluding hydrogens is 267 g/mol. The monoisotopic (exact) mass is 277 g/mol. The number of aryl methyl sites for hydroxylation is 1. The summed E-state index contributed by atoms with van der Waals surface area (Å²) < 4.78 is 39.9. The van der Waals surface area contributed by atoms with E-state index in [4.69, 9.17) is 0 Å². The first-order chi connectivity index (χ1) is 9.45. The molecule has 3 rings (SSSR count). The minimum atomic E-state index is -4.37. The van der Waals surface area contributed by atoms with Gasteiger partial charge >= 0.3 is 6.18 Å². The Kier molecular flexibility index (Phi) is 2.74.